The molecule has 62 valence electrons. The lowest BCUT2D eigenvalue weighted by atomic mass is 10.5. The van der Waals surface area contributed by atoms with Crippen LogP contribution in [-0.2, 0) is 0 Å². The Labute approximate surface area is 73.3 Å². The molecule has 0 aliphatic heterocycles. The molecule has 0 aliphatic rings. The standard InChI is InChI=1S/C7H7N3OS/c1-4-9-10-7(11-4)6-3-12-5(2)8-6/h3H,1-2H3. The number of hydrogen-bond donors (Lipinski definition) is 0. The summed E-state index contributed by atoms with van der Waals surface area (Å²) in [5.41, 5.74) is 0.762. The first-order valence-electron chi connectivity index (χ1n) is 3.48. The van der Waals surface area contributed by atoms with Gasteiger partial charge in [0.2, 0.25) is 5.89 Å². The van der Waals surface area contributed by atoms with E-state index in [1.165, 1.54) is 0 Å². The van der Waals surface area contributed by atoms with E-state index in [9.17, 15) is 0 Å². The van der Waals surface area contributed by atoms with Crippen LogP contribution in [-0.4, -0.2) is 15.2 Å². The normalized spacial score (nSPS) is 10.5. The topological polar surface area (TPSA) is 51.8 Å². The largest absolute Gasteiger partial charge is 0.420 e. The summed E-state index contributed by atoms with van der Waals surface area (Å²) in [4.78, 5) is 4.22. The molecule has 12 heavy (non-hydrogen) atoms. The fourth-order valence-electron chi connectivity index (χ4n) is 0.862. The molecule has 0 spiro atoms. The van der Waals surface area contributed by atoms with Crippen molar-refractivity contribution in [3.05, 3.63) is 16.3 Å². The van der Waals surface area contributed by atoms with E-state index in [2.05, 4.69) is 15.2 Å². The van der Waals surface area contributed by atoms with Crippen molar-refractivity contribution in [2.24, 2.45) is 0 Å². The molecule has 4 nitrogen and oxygen atoms in total. The van der Waals surface area contributed by atoms with Gasteiger partial charge in [-0.2, -0.15) is 0 Å². The van der Waals surface area contributed by atoms with Crippen LogP contribution < -0.4 is 0 Å². The Kier molecular flexibility index (Phi) is 1.65. The predicted molar refractivity (Wildman–Crippen MR) is 44.9 cm³/mol. The molecular formula is C7H7N3OS. The van der Waals surface area contributed by atoms with Gasteiger partial charge in [-0.05, 0) is 6.92 Å². The summed E-state index contributed by atoms with van der Waals surface area (Å²) in [7, 11) is 0. The first-order valence-corrected chi connectivity index (χ1v) is 4.36. The smallest absolute Gasteiger partial charge is 0.267 e. The maximum absolute atomic E-state index is 5.20. The molecule has 2 aromatic rings. The van der Waals surface area contributed by atoms with Gasteiger partial charge in [-0.1, -0.05) is 0 Å². The minimum atomic E-state index is 0.497. The fourth-order valence-corrected chi connectivity index (χ4v) is 1.45. The van der Waals surface area contributed by atoms with Crippen molar-refractivity contribution in [2.75, 3.05) is 0 Å². The van der Waals surface area contributed by atoms with Crippen molar-refractivity contribution < 1.29 is 4.42 Å². The lowest BCUT2D eigenvalue weighted by Crippen LogP contribution is -1.77. The minimum Gasteiger partial charge on any atom is -0.420 e. The molecule has 0 fully saturated rings. The van der Waals surface area contributed by atoms with Gasteiger partial charge in [0.1, 0.15) is 5.69 Å². The number of thiazole rings is 1. The van der Waals surface area contributed by atoms with Crippen molar-refractivity contribution in [3.63, 3.8) is 0 Å². The zero-order chi connectivity index (χ0) is 8.55. The third-order valence-corrected chi connectivity index (χ3v) is 2.14. The van der Waals surface area contributed by atoms with Crippen LogP contribution in [0.25, 0.3) is 11.6 Å². The van der Waals surface area contributed by atoms with E-state index in [1.54, 1.807) is 18.3 Å². The Hall–Kier alpha value is -1.23. The van der Waals surface area contributed by atoms with Gasteiger partial charge in [-0.25, -0.2) is 4.98 Å². The van der Waals surface area contributed by atoms with Crippen LogP contribution in [0.4, 0.5) is 0 Å². The second-order valence-corrected chi connectivity index (χ2v) is 3.44. The second-order valence-electron chi connectivity index (χ2n) is 2.38. The summed E-state index contributed by atoms with van der Waals surface area (Å²) in [6.45, 7) is 3.70. The first kappa shape index (κ1) is 7.42. The highest BCUT2D eigenvalue weighted by Gasteiger charge is 2.08. The Bertz CT molecular complexity index is 355. The lowest BCUT2D eigenvalue weighted by molar-refractivity contribution is 0.531. The van der Waals surface area contributed by atoms with E-state index in [0.29, 0.717) is 11.8 Å². The first-order chi connectivity index (χ1) is 5.75. The molecule has 2 heterocycles. The Balaban J connectivity index is 2.43. The SMILES string of the molecule is Cc1nnc(-c2csc(C)n2)o1. The maximum atomic E-state index is 5.20. The van der Waals surface area contributed by atoms with Crippen LogP contribution in [0, 0.1) is 13.8 Å². The van der Waals surface area contributed by atoms with Crippen LogP contribution in [0.1, 0.15) is 10.9 Å². The van der Waals surface area contributed by atoms with E-state index in [0.717, 1.165) is 10.7 Å². The van der Waals surface area contributed by atoms with Crippen LogP contribution in [0.3, 0.4) is 0 Å². The molecule has 0 unspecified atom stereocenters. The molecule has 0 aliphatic carbocycles. The van der Waals surface area contributed by atoms with E-state index in [-0.39, 0.29) is 0 Å². The highest BCUT2D eigenvalue weighted by Crippen LogP contribution is 2.19. The number of nitrogens with zero attached hydrogens (tertiary/aromatic N) is 3. The summed E-state index contributed by atoms with van der Waals surface area (Å²) < 4.78 is 5.20. The van der Waals surface area contributed by atoms with Crippen molar-refractivity contribution in [1.82, 2.24) is 15.2 Å². The Morgan fingerprint density at radius 2 is 2.17 bits per heavy atom. The molecule has 0 bridgehead atoms. The Morgan fingerprint density at radius 1 is 1.33 bits per heavy atom. The molecule has 0 N–H and O–H groups in total. The molecule has 5 heteroatoms. The molecule has 0 aromatic carbocycles. The summed E-state index contributed by atoms with van der Waals surface area (Å²) in [6, 6.07) is 0. The van der Waals surface area contributed by atoms with Gasteiger partial charge < -0.3 is 4.42 Å². The highest BCUT2D eigenvalue weighted by molar-refractivity contribution is 7.09. The van der Waals surface area contributed by atoms with Crippen molar-refractivity contribution in [3.8, 4) is 11.6 Å². The van der Waals surface area contributed by atoms with Crippen molar-refractivity contribution in [2.45, 2.75) is 13.8 Å². The number of rotatable bonds is 1. The summed E-state index contributed by atoms with van der Waals surface area (Å²) in [5, 5.41) is 10.5. The van der Waals surface area contributed by atoms with Crippen LogP contribution >= 0.6 is 11.3 Å². The highest BCUT2D eigenvalue weighted by atomic mass is 32.1. The zero-order valence-electron chi connectivity index (χ0n) is 6.74. The molecular weight excluding hydrogens is 174 g/mol. The Morgan fingerprint density at radius 3 is 2.67 bits per heavy atom. The van der Waals surface area contributed by atoms with Crippen LogP contribution in [0.5, 0.6) is 0 Å². The lowest BCUT2D eigenvalue weighted by Gasteiger charge is -1.82. The molecule has 0 amide bonds. The predicted octanol–water partition coefficient (Wildman–Crippen LogP) is 1.81. The molecule has 2 aromatic heterocycles. The molecule has 0 radical (unpaired) electrons. The molecule has 2 rings (SSSR count). The summed E-state index contributed by atoms with van der Waals surface area (Å²) in [5.74, 6) is 1.06. The molecule has 0 saturated heterocycles. The fraction of sp³-hybridized carbons (Fsp3) is 0.286. The van der Waals surface area contributed by atoms with Gasteiger partial charge in [0.25, 0.3) is 5.89 Å². The van der Waals surface area contributed by atoms with Crippen LogP contribution in [0.15, 0.2) is 9.80 Å². The van der Waals surface area contributed by atoms with Gasteiger partial charge in [0.15, 0.2) is 0 Å². The monoisotopic (exact) mass is 181 g/mol. The molecule has 0 atom stereocenters. The van der Waals surface area contributed by atoms with E-state index < -0.39 is 0 Å². The average Bonchev–Trinajstić information content (AvgIpc) is 2.58. The van der Waals surface area contributed by atoms with Gasteiger partial charge in [-0.3, -0.25) is 0 Å². The van der Waals surface area contributed by atoms with Gasteiger partial charge in [-0.15, -0.1) is 21.5 Å². The minimum absolute atomic E-state index is 0.497. The van der Waals surface area contributed by atoms with Crippen LogP contribution in [0.2, 0.25) is 0 Å². The average molecular weight is 181 g/mol. The third-order valence-electron chi connectivity index (χ3n) is 1.36. The number of hydrogen-bond acceptors (Lipinski definition) is 5. The van der Waals surface area contributed by atoms with Crippen molar-refractivity contribution >= 4 is 11.3 Å². The maximum Gasteiger partial charge on any atom is 0.267 e. The van der Waals surface area contributed by atoms with Crippen molar-refractivity contribution in [1.29, 1.82) is 0 Å². The summed E-state index contributed by atoms with van der Waals surface area (Å²) >= 11 is 1.57. The second kappa shape index (κ2) is 2.67. The molecule has 0 saturated carbocycles. The summed E-state index contributed by atoms with van der Waals surface area (Å²) in [6.07, 6.45) is 0. The van der Waals surface area contributed by atoms with Gasteiger partial charge in [0.05, 0.1) is 5.01 Å². The van der Waals surface area contributed by atoms with E-state index in [4.69, 9.17) is 4.42 Å². The quantitative estimate of drug-likeness (QED) is 0.673. The van der Waals surface area contributed by atoms with E-state index in [1.807, 2.05) is 12.3 Å². The number of aromatic nitrogens is 3. The van der Waals surface area contributed by atoms with Gasteiger partial charge >= 0.3 is 0 Å². The third kappa shape index (κ3) is 1.23. The zero-order valence-corrected chi connectivity index (χ0v) is 7.55. The van der Waals surface area contributed by atoms with Gasteiger partial charge in [0, 0.05) is 12.3 Å². The number of aryl methyl sites for hydroxylation is 2. The van der Waals surface area contributed by atoms with E-state index >= 15 is 0 Å².